The van der Waals surface area contributed by atoms with Gasteiger partial charge >= 0.3 is 36.0 Å². The summed E-state index contributed by atoms with van der Waals surface area (Å²) in [4.78, 5) is 79.9. The number of ether oxygens (including phenoxy) is 7. The molecule has 0 aromatic heterocycles. The normalized spacial score (nSPS) is 20.0. The van der Waals surface area contributed by atoms with E-state index in [9.17, 15) is 28.8 Å². The zero-order valence-electron chi connectivity index (χ0n) is 40.4. The maximum atomic E-state index is 13.7. The fourth-order valence-corrected chi connectivity index (χ4v) is 9.76. The first kappa shape index (κ1) is 55.4. The summed E-state index contributed by atoms with van der Waals surface area (Å²) in [6, 6.07) is 0. The van der Waals surface area contributed by atoms with Crippen molar-refractivity contribution in [3.05, 3.63) is 24.3 Å². The van der Waals surface area contributed by atoms with Gasteiger partial charge in [-0.2, -0.15) is 0 Å². The van der Waals surface area contributed by atoms with Crippen LogP contribution in [0.5, 0.6) is 0 Å². The van der Waals surface area contributed by atoms with Crippen LogP contribution in [0.25, 0.3) is 0 Å². The Hall–Kier alpha value is -3.94. The van der Waals surface area contributed by atoms with Gasteiger partial charge in [0.25, 0.3) is 0 Å². The summed E-state index contributed by atoms with van der Waals surface area (Å²) < 4.78 is 39.0. The molecule has 4 aliphatic rings. The summed E-state index contributed by atoms with van der Waals surface area (Å²) in [5.41, 5.74) is -1.59. The number of esters is 5. The van der Waals surface area contributed by atoms with Crippen molar-refractivity contribution in [3.8, 4) is 0 Å². The molecule has 0 spiro atoms. The highest BCUT2D eigenvalue weighted by atomic mass is 16.7. The molecule has 65 heavy (non-hydrogen) atoms. The summed E-state index contributed by atoms with van der Waals surface area (Å²) in [6.45, 7) is 9.82. The lowest BCUT2D eigenvalue weighted by molar-refractivity contribution is -0.168. The lowest BCUT2D eigenvalue weighted by Gasteiger charge is -2.56. The van der Waals surface area contributed by atoms with Crippen LogP contribution in [0.1, 0.15) is 169 Å². The van der Waals surface area contributed by atoms with Crippen LogP contribution in [-0.4, -0.2) is 107 Å². The van der Waals surface area contributed by atoms with Gasteiger partial charge in [0.15, 0.2) is 0 Å². The fraction of sp³-hybridized carbons (Fsp3) is 0.804. The zero-order chi connectivity index (χ0) is 47.2. The molecule has 0 N–H and O–H groups in total. The van der Waals surface area contributed by atoms with E-state index in [1.54, 1.807) is 0 Å². The summed E-state index contributed by atoms with van der Waals surface area (Å²) in [5, 5.41) is 0. The Kier molecular flexibility index (Phi) is 27.2. The number of rotatable bonds is 36. The topological polar surface area (TPSA) is 170 Å². The first-order chi connectivity index (χ1) is 31.4. The van der Waals surface area contributed by atoms with Crippen LogP contribution in [0.4, 0.5) is 4.79 Å². The van der Waals surface area contributed by atoms with Crippen molar-refractivity contribution in [2.24, 2.45) is 28.6 Å². The second-order valence-corrected chi connectivity index (χ2v) is 18.7. The van der Waals surface area contributed by atoms with Gasteiger partial charge in [-0.15, -0.1) is 0 Å². The van der Waals surface area contributed by atoms with E-state index in [1.807, 2.05) is 0 Å². The van der Waals surface area contributed by atoms with Gasteiger partial charge in [0.05, 0.1) is 26.2 Å². The maximum Gasteiger partial charge on any atom is 0.508 e. The molecule has 0 amide bonds. The molecule has 4 fully saturated rings. The molecule has 14 heteroatoms. The average Bonchev–Trinajstić information content (AvgIpc) is 3.27. The van der Waals surface area contributed by atoms with Crippen LogP contribution in [0, 0.1) is 28.6 Å². The minimum absolute atomic E-state index is 0.0307. The highest BCUT2D eigenvalue weighted by molar-refractivity contribution is 5.73. The number of hydrogen-bond acceptors (Lipinski definition) is 14. The van der Waals surface area contributed by atoms with E-state index in [4.69, 9.17) is 33.2 Å². The van der Waals surface area contributed by atoms with E-state index in [0.717, 1.165) is 90.3 Å². The Morgan fingerprint density at radius 2 is 0.908 bits per heavy atom. The first-order valence-electron chi connectivity index (χ1n) is 25.0. The van der Waals surface area contributed by atoms with Crippen LogP contribution >= 0.6 is 0 Å². The van der Waals surface area contributed by atoms with Crippen molar-refractivity contribution >= 4 is 36.0 Å². The van der Waals surface area contributed by atoms with Crippen LogP contribution in [0.15, 0.2) is 24.3 Å². The monoisotopic (exact) mass is 918 g/mol. The van der Waals surface area contributed by atoms with Crippen molar-refractivity contribution in [1.82, 2.24) is 4.90 Å². The van der Waals surface area contributed by atoms with E-state index >= 15 is 0 Å². The van der Waals surface area contributed by atoms with Gasteiger partial charge in [-0.1, -0.05) is 52.0 Å². The van der Waals surface area contributed by atoms with E-state index in [-0.39, 0.29) is 63.6 Å². The zero-order valence-corrected chi connectivity index (χ0v) is 40.4. The Balaban J connectivity index is 1.64. The minimum Gasteiger partial charge on any atom is -0.466 e. The van der Waals surface area contributed by atoms with E-state index in [2.05, 4.69) is 56.9 Å². The van der Waals surface area contributed by atoms with Crippen molar-refractivity contribution in [3.63, 3.8) is 0 Å². The fourth-order valence-electron chi connectivity index (χ4n) is 9.76. The predicted molar refractivity (Wildman–Crippen MR) is 246 cm³/mol. The van der Waals surface area contributed by atoms with E-state index in [0.29, 0.717) is 37.4 Å². The molecule has 0 saturated heterocycles. The third kappa shape index (κ3) is 23.4. The van der Waals surface area contributed by atoms with Gasteiger partial charge in [0.2, 0.25) is 0 Å². The molecular formula is C51H83NO13. The standard InChI is InChI=1S/C51H83NO13/c1-5-9-11-13-15-17-27-59-44(53)22-19-24-46(55)62-37-51(40-65-49(58)61-29-21-26-52(7-3)8-4,38-63-47(56)25-20-23-45(54)60-28-18-16-14-12-10-6-2)39-64-48(57)36-50-33-41-30-42(34-50)32-43(31-41)35-50/h9-12,41-43H,5-8,13-40H2,1-4H3/b11-9-,12-10-. The summed E-state index contributed by atoms with van der Waals surface area (Å²) in [5.74, 6) is -0.560. The number of hydrogen-bond donors (Lipinski definition) is 0. The molecule has 0 atom stereocenters. The number of carbonyl (C=O) groups is 6. The molecule has 370 valence electrons. The molecule has 14 nitrogen and oxygen atoms in total. The Bertz CT molecular complexity index is 1390. The SMILES string of the molecule is CC/C=C\CCCCOC(=O)CCCC(=O)OCC(COC(=O)CCCC(=O)OCCCC/C=C\CC)(COC(=O)CC12CC3CC(CC(C3)C1)C2)COC(=O)OCCCN(CC)CC. The predicted octanol–water partition coefficient (Wildman–Crippen LogP) is 9.79. The number of allylic oxidation sites excluding steroid dienone is 4. The second-order valence-electron chi connectivity index (χ2n) is 18.7. The molecule has 0 aromatic carbocycles. The van der Waals surface area contributed by atoms with Crippen LogP contribution in [-0.2, 0) is 57.1 Å². The molecule has 4 saturated carbocycles. The molecular weight excluding hydrogens is 835 g/mol. The Labute approximate surface area is 389 Å². The average molecular weight is 918 g/mol. The van der Waals surface area contributed by atoms with Gasteiger partial charge < -0.3 is 38.1 Å². The maximum absolute atomic E-state index is 13.7. The second kappa shape index (κ2) is 31.9. The lowest BCUT2D eigenvalue weighted by atomic mass is 9.49. The molecule has 4 bridgehead atoms. The van der Waals surface area contributed by atoms with Crippen molar-refractivity contribution < 1.29 is 61.9 Å². The molecule has 0 radical (unpaired) electrons. The van der Waals surface area contributed by atoms with E-state index in [1.165, 1.54) is 19.3 Å². The van der Waals surface area contributed by atoms with Crippen LogP contribution < -0.4 is 0 Å². The van der Waals surface area contributed by atoms with Crippen molar-refractivity contribution in [2.45, 2.75) is 169 Å². The van der Waals surface area contributed by atoms with Crippen LogP contribution in [0.3, 0.4) is 0 Å². The quantitative estimate of drug-likeness (QED) is 0.0252. The number of unbranched alkanes of at least 4 members (excludes halogenated alkanes) is 4. The summed E-state index contributed by atoms with van der Waals surface area (Å²) in [7, 11) is 0. The Morgan fingerprint density at radius 3 is 1.35 bits per heavy atom. The van der Waals surface area contributed by atoms with Gasteiger partial charge in [-0.05, 0) is 145 Å². The van der Waals surface area contributed by atoms with Gasteiger partial charge in [-0.25, -0.2) is 4.79 Å². The van der Waals surface area contributed by atoms with Crippen molar-refractivity contribution in [1.29, 1.82) is 0 Å². The van der Waals surface area contributed by atoms with Gasteiger partial charge in [0.1, 0.15) is 31.8 Å². The smallest absolute Gasteiger partial charge is 0.466 e. The van der Waals surface area contributed by atoms with E-state index < -0.39 is 61.2 Å². The molecule has 0 aliphatic heterocycles. The third-order valence-corrected chi connectivity index (χ3v) is 12.9. The van der Waals surface area contributed by atoms with Gasteiger partial charge in [0, 0.05) is 32.2 Å². The molecule has 4 rings (SSSR count). The molecule has 0 aromatic rings. The summed E-state index contributed by atoms with van der Waals surface area (Å²) in [6.07, 6.45) is 22.4. The highest BCUT2D eigenvalue weighted by Crippen LogP contribution is 2.61. The summed E-state index contributed by atoms with van der Waals surface area (Å²) >= 11 is 0. The highest BCUT2D eigenvalue weighted by Gasteiger charge is 2.52. The molecule has 0 unspecified atom stereocenters. The van der Waals surface area contributed by atoms with Crippen LogP contribution in [0.2, 0.25) is 0 Å². The van der Waals surface area contributed by atoms with Crippen molar-refractivity contribution in [2.75, 3.05) is 65.9 Å². The lowest BCUT2D eigenvalue weighted by Crippen LogP contribution is -2.47. The van der Waals surface area contributed by atoms with Gasteiger partial charge in [-0.3, -0.25) is 24.0 Å². The number of carbonyl (C=O) groups excluding carboxylic acids is 6. The Morgan fingerprint density at radius 1 is 0.492 bits per heavy atom. The molecule has 4 aliphatic carbocycles. The minimum atomic E-state index is -1.49. The first-order valence-corrected chi connectivity index (χ1v) is 25.0. The largest absolute Gasteiger partial charge is 0.508 e. The third-order valence-electron chi connectivity index (χ3n) is 12.9. The number of nitrogens with zero attached hydrogens (tertiary/aromatic N) is 1. The molecule has 0 heterocycles.